The smallest absolute Gasteiger partial charge is 0.120 e. The van der Waals surface area contributed by atoms with Gasteiger partial charge in [-0.1, -0.05) is 6.92 Å². The Morgan fingerprint density at radius 1 is 1.39 bits per heavy atom. The van der Waals surface area contributed by atoms with Gasteiger partial charge in [0.1, 0.15) is 5.75 Å². The second-order valence-electron chi connectivity index (χ2n) is 6.42. The molecule has 1 heterocycles. The van der Waals surface area contributed by atoms with E-state index in [-0.39, 0.29) is 5.54 Å². The lowest BCUT2D eigenvalue weighted by Gasteiger charge is -2.38. The third-order valence-corrected chi connectivity index (χ3v) is 3.56. The summed E-state index contributed by atoms with van der Waals surface area (Å²) in [5.41, 5.74) is 3.51. The molecule has 3 nitrogen and oxygen atoms in total. The third-order valence-electron chi connectivity index (χ3n) is 3.56. The molecule has 0 unspecified atom stereocenters. The molecule has 1 atom stereocenters. The second-order valence-corrected chi connectivity index (χ2v) is 6.42. The quantitative estimate of drug-likeness (QED) is 0.789. The minimum absolute atomic E-state index is 0.124. The fourth-order valence-corrected chi connectivity index (χ4v) is 2.92. The Bertz CT molecular complexity index is 452. The molecular formula is C15H24N2O. The number of nitrogens with zero attached hydrogens (tertiary/aromatic N) is 1. The highest BCUT2D eigenvalue weighted by Gasteiger charge is 2.29. The summed E-state index contributed by atoms with van der Waals surface area (Å²) in [5.74, 6) is 0.895. The van der Waals surface area contributed by atoms with Gasteiger partial charge in [-0.25, -0.2) is 0 Å². The van der Waals surface area contributed by atoms with Gasteiger partial charge in [0, 0.05) is 23.3 Å². The van der Waals surface area contributed by atoms with E-state index in [1.165, 1.54) is 11.3 Å². The first-order valence-electron chi connectivity index (χ1n) is 6.57. The van der Waals surface area contributed by atoms with Crippen molar-refractivity contribution in [1.29, 1.82) is 0 Å². The molecule has 3 heteroatoms. The predicted molar refractivity (Wildman–Crippen MR) is 76.2 cm³/mol. The first kappa shape index (κ1) is 13.2. The van der Waals surface area contributed by atoms with Crippen molar-refractivity contribution in [2.45, 2.75) is 45.2 Å². The molecule has 2 N–H and O–H groups in total. The molecule has 0 aliphatic carbocycles. The summed E-state index contributed by atoms with van der Waals surface area (Å²) >= 11 is 0. The second kappa shape index (κ2) is 4.47. The first-order chi connectivity index (χ1) is 8.28. The largest absolute Gasteiger partial charge is 0.508 e. The van der Waals surface area contributed by atoms with Gasteiger partial charge in [0.05, 0.1) is 0 Å². The van der Waals surface area contributed by atoms with Crippen LogP contribution in [0.4, 0.5) is 5.69 Å². The van der Waals surface area contributed by atoms with Gasteiger partial charge in [-0.05, 0) is 58.0 Å². The lowest BCUT2D eigenvalue weighted by molar-refractivity contribution is 0.384. The van der Waals surface area contributed by atoms with Crippen LogP contribution in [0.5, 0.6) is 5.75 Å². The molecule has 1 aromatic rings. The van der Waals surface area contributed by atoms with E-state index in [0.29, 0.717) is 11.7 Å². The van der Waals surface area contributed by atoms with E-state index < -0.39 is 0 Å². The number of nitrogens with one attached hydrogen (secondary N) is 1. The normalized spacial score (nSPS) is 21.6. The zero-order chi connectivity index (χ0) is 13.5. The molecule has 0 fully saturated rings. The van der Waals surface area contributed by atoms with Crippen LogP contribution in [0.15, 0.2) is 12.1 Å². The molecule has 0 aromatic heterocycles. The Kier molecular flexibility index (Phi) is 3.28. The Morgan fingerprint density at radius 3 is 2.67 bits per heavy atom. The lowest BCUT2D eigenvalue weighted by Crippen LogP contribution is -2.36. The summed E-state index contributed by atoms with van der Waals surface area (Å²) < 4.78 is 0. The number of hydrogen-bond acceptors (Lipinski definition) is 3. The molecule has 1 aliphatic heterocycles. The van der Waals surface area contributed by atoms with E-state index in [2.05, 4.69) is 37.1 Å². The van der Waals surface area contributed by atoms with Crippen molar-refractivity contribution < 1.29 is 5.11 Å². The molecular weight excluding hydrogens is 224 g/mol. The topological polar surface area (TPSA) is 35.5 Å². The van der Waals surface area contributed by atoms with Crippen LogP contribution in [0.25, 0.3) is 0 Å². The zero-order valence-electron chi connectivity index (χ0n) is 12.0. The van der Waals surface area contributed by atoms with Gasteiger partial charge in [-0.3, -0.25) is 0 Å². The van der Waals surface area contributed by atoms with Crippen molar-refractivity contribution in [2.24, 2.45) is 0 Å². The average Bonchev–Trinajstić information content (AvgIpc) is 2.18. The predicted octanol–water partition coefficient (Wildman–Crippen LogP) is 3.15. The van der Waals surface area contributed by atoms with Crippen LogP contribution in [-0.2, 0) is 6.54 Å². The van der Waals surface area contributed by atoms with Gasteiger partial charge in [0.2, 0.25) is 0 Å². The molecule has 0 bridgehead atoms. The Labute approximate surface area is 110 Å². The number of hydrogen-bond donors (Lipinski definition) is 2. The van der Waals surface area contributed by atoms with Crippen molar-refractivity contribution in [1.82, 2.24) is 4.90 Å². The monoisotopic (exact) mass is 248 g/mol. The molecule has 0 amide bonds. The molecule has 0 saturated heterocycles. The molecule has 1 aliphatic rings. The van der Waals surface area contributed by atoms with Crippen LogP contribution in [0.1, 0.15) is 44.2 Å². The number of phenolic OH excluding ortho intramolecular Hbond substituents is 1. The van der Waals surface area contributed by atoms with Crippen molar-refractivity contribution in [3.8, 4) is 5.75 Å². The van der Waals surface area contributed by atoms with Crippen molar-refractivity contribution in [3.63, 3.8) is 0 Å². The van der Waals surface area contributed by atoms with E-state index in [1.54, 1.807) is 0 Å². The van der Waals surface area contributed by atoms with E-state index in [4.69, 9.17) is 0 Å². The SMILES string of the molecule is C[C@@H]1CC(C)(C)Nc2cc(CN(C)C)c(O)cc21. The van der Waals surface area contributed by atoms with Gasteiger partial charge >= 0.3 is 0 Å². The maximum atomic E-state index is 10.1. The molecule has 1 aromatic carbocycles. The summed E-state index contributed by atoms with van der Waals surface area (Å²) in [7, 11) is 4.03. The minimum atomic E-state index is 0.124. The number of phenols is 1. The number of fused-ring (bicyclic) bond motifs is 1. The number of anilines is 1. The highest BCUT2D eigenvalue weighted by molar-refractivity contribution is 5.61. The molecule has 0 radical (unpaired) electrons. The first-order valence-corrected chi connectivity index (χ1v) is 6.57. The van der Waals surface area contributed by atoms with Crippen LogP contribution in [0, 0.1) is 0 Å². The van der Waals surface area contributed by atoms with Crippen LogP contribution in [0.3, 0.4) is 0 Å². The third kappa shape index (κ3) is 2.61. The van der Waals surface area contributed by atoms with Crippen LogP contribution in [-0.4, -0.2) is 29.6 Å². The molecule has 2 rings (SSSR count). The zero-order valence-corrected chi connectivity index (χ0v) is 12.0. The Morgan fingerprint density at radius 2 is 2.06 bits per heavy atom. The van der Waals surface area contributed by atoms with Crippen LogP contribution in [0.2, 0.25) is 0 Å². The van der Waals surface area contributed by atoms with E-state index in [1.807, 2.05) is 20.2 Å². The fourth-order valence-electron chi connectivity index (χ4n) is 2.92. The molecule has 100 valence electrons. The summed E-state index contributed by atoms with van der Waals surface area (Å²) in [6.45, 7) is 7.44. The number of aromatic hydroxyl groups is 1. The highest BCUT2D eigenvalue weighted by atomic mass is 16.3. The van der Waals surface area contributed by atoms with Crippen molar-refractivity contribution in [2.75, 3.05) is 19.4 Å². The molecule has 18 heavy (non-hydrogen) atoms. The van der Waals surface area contributed by atoms with Gasteiger partial charge in [-0.2, -0.15) is 0 Å². The fraction of sp³-hybridized carbons (Fsp3) is 0.600. The van der Waals surface area contributed by atoms with Gasteiger partial charge in [-0.15, -0.1) is 0 Å². The van der Waals surface area contributed by atoms with Gasteiger partial charge < -0.3 is 15.3 Å². The van der Waals surface area contributed by atoms with Gasteiger partial charge in [0.25, 0.3) is 0 Å². The van der Waals surface area contributed by atoms with E-state index in [9.17, 15) is 5.11 Å². The van der Waals surface area contributed by atoms with E-state index in [0.717, 1.165) is 18.5 Å². The number of rotatable bonds is 2. The number of benzene rings is 1. The molecule has 0 saturated carbocycles. The summed E-state index contributed by atoms with van der Waals surface area (Å²) in [5, 5.41) is 13.7. The molecule has 0 spiro atoms. The summed E-state index contributed by atoms with van der Waals surface area (Å²) in [4.78, 5) is 2.07. The van der Waals surface area contributed by atoms with Gasteiger partial charge in [0.15, 0.2) is 0 Å². The van der Waals surface area contributed by atoms with Crippen LogP contribution >= 0.6 is 0 Å². The Hall–Kier alpha value is -1.22. The van der Waals surface area contributed by atoms with E-state index >= 15 is 0 Å². The maximum absolute atomic E-state index is 10.1. The highest BCUT2D eigenvalue weighted by Crippen LogP contribution is 2.41. The summed E-state index contributed by atoms with van der Waals surface area (Å²) in [6, 6.07) is 4.03. The maximum Gasteiger partial charge on any atom is 0.120 e. The van der Waals surface area contributed by atoms with Crippen LogP contribution < -0.4 is 5.32 Å². The minimum Gasteiger partial charge on any atom is -0.508 e. The Balaban J connectivity index is 2.41. The summed E-state index contributed by atoms with van der Waals surface area (Å²) in [6.07, 6.45) is 1.09. The lowest BCUT2D eigenvalue weighted by atomic mass is 9.81. The van der Waals surface area contributed by atoms with Crippen molar-refractivity contribution in [3.05, 3.63) is 23.3 Å². The van der Waals surface area contributed by atoms with Crippen molar-refractivity contribution >= 4 is 5.69 Å². The average molecular weight is 248 g/mol. The standard InChI is InChI=1S/C15H24N2O/c1-10-8-15(2,3)16-13-6-11(9-17(4)5)14(18)7-12(10)13/h6-7,10,16,18H,8-9H2,1-5H3/t10-/m1/s1.